The van der Waals surface area contributed by atoms with Crippen LogP contribution in [0.5, 0.6) is 0 Å². The Morgan fingerprint density at radius 3 is 2.16 bits per heavy atom. The van der Waals surface area contributed by atoms with Gasteiger partial charge in [-0.1, -0.05) is 42.5 Å². The monoisotopic (exact) mass is 412 g/mol. The summed E-state index contributed by atoms with van der Waals surface area (Å²) in [5.41, 5.74) is 3.98. The lowest BCUT2D eigenvalue weighted by Crippen LogP contribution is -2.37. The summed E-state index contributed by atoms with van der Waals surface area (Å²) in [6.07, 6.45) is 0. The Morgan fingerprint density at radius 2 is 1.48 bits per heavy atom. The van der Waals surface area contributed by atoms with E-state index in [4.69, 9.17) is 0 Å². The van der Waals surface area contributed by atoms with E-state index in [9.17, 15) is 19.2 Å². The van der Waals surface area contributed by atoms with E-state index in [1.165, 1.54) is 0 Å². The molecule has 4 rings (SSSR count). The predicted octanol–water partition coefficient (Wildman–Crippen LogP) is 3.77. The first-order valence-corrected chi connectivity index (χ1v) is 9.83. The van der Waals surface area contributed by atoms with Gasteiger partial charge in [-0.2, -0.15) is 0 Å². The van der Waals surface area contributed by atoms with Gasteiger partial charge in [0.15, 0.2) is 5.78 Å². The fourth-order valence-electron chi connectivity index (χ4n) is 3.62. The number of carbonyl (C=O) groups excluding carboxylic acids is 4. The Hall–Kier alpha value is -4.06. The van der Waals surface area contributed by atoms with E-state index in [-0.39, 0.29) is 5.78 Å². The SMILES string of the molecule is Cc1cccc(C(=O)c2cccc(NC(=O)CN3C(=O)c4ccccc4C3=O)c2)c1C. The number of hydrogen-bond acceptors (Lipinski definition) is 4. The molecule has 1 N–H and O–H groups in total. The van der Waals surface area contributed by atoms with Crippen LogP contribution in [-0.4, -0.2) is 34.9 Å². The molecule has 0 aromatic heterocycles. The minimum Gasteiger partial charge on any atom is -0.325 e. The number of nitrogens with zero attached hydrogens (tertiary/aromatic N) is 1. The van der Waals surface area contributed by atoms with Gasteiger partial charge in [-0.3, -0.25) is 24.1 Å². The smallest absolute Gasteiger partial charge is 0.262 e. The predicted molar refractivity (Wildman–Crippen MR) is 116 cm³/mol. The topological polar surface area (TPSA) is 83.6 Å². The zero-order valence-electron chi connectivity index (χ0n) is 17.1. The molecule has 3 aromatic carbocycles. The lowest BCUT2D eigenvalue weighted by Gasteiger charge is -2.14. The summed E-state index contributed by atoms with van der Waals surface area (Å²) in [5.74, 6) is -1.65. The summed E-state index contributed by atoms with van der Waals surface area (Å²) >= 11 is 0. The Morgan fingerprint density at radius 1 is 0.839 bits per heavy atom. The number of aryl methyl sites for hydroxylation is 1. The molecular formula is C25H20N2O4. The number of benzene rings is 3. The van der Waals surface area contributed by atoms with Crippen LogP contribution in [0, 0.1) is 13.8 Å². The van der Waals surface area contributed by atoms with Gasteiger partial charge in [0.1, 0.15) is 6.54 Å². The van der Waals surface area contributed by atoms with Crippen molar-refractivity contribution in [2.45, 2.75) is 13.8 Å². The van der Waals surface area contributed by atoms with Crippen LogP contribution < -0.4 is 5.32 Å². The fourth-order valence-corrected chi connectivity index (χ4v) is 3.62. The number of nitrogens with one attached hydrogen (secondary N) is 1. The van der Waals surface area contributed by atoms with Crippen molar-refractivity contribution in [1.29, 1.82) is 0 Å². The Balaban J connectivity index is 1.49. The van der Waals surface area contributed by atoms with Crippen molar-refractivity contribution < 1.29 is 19.2 Å². The van der Waals surface area contributed by atoms with Gasteiger partial charge in [-0.25, -0.2) is 0 Å². The molecule has 0 spiro atoms. The number of hydrogen-bond donors (Lipinski definition) is 1. The van der Waals surface area contributed by atoms with E-state index in [1.54, 1.807) is 54.6 Å². The summed E-state index contributed by atoms with van der Waals surface area (Å²) in [4.78, 5) is 51.2. The van der Waals surface area contributed by atoms with E-state index in [0.29, 0.717) is 27.9 Å². The normalized spacial score (nSPS) is 12.6. The van der Waals surface area contributed by atoms with Crippen LogP contribution in [0.4, 0.5) is 5.69 Å². The highest BCUT2D eigenvalue weighted by atomic mass is 16.2. The van der Waals surface area contributed by atoms with Crippen molar-refractivity contribution in [3.05, 3.63) is 100 Å². The maximum atomic E-state index is 12.9. The lowest BCUT2D eigenvalue weighted by atomic mass is 9.96. The number of anilines is 1. The average Bonchev–Trinajstić information content (AvgIpc) is 3.00. The molecule has 0 fully saturated rings. The molecule has 6 heteroatoms. The number of imide groups is 1. The van der Waals surface area contributed by atoms with Crippen molar-refractivity contribution in [1.82, 2.24) is 4.90 Å². The van der Waals surface area contributed by atoms with Gasteiger partial charge in [0.05, 0.1) is 11.1 Å². The first-order chi connectivity index (χ1) is 14.9. The lowest BCUT2D eigenvalue weighted by molar-refractivity contribution is -0.116. The molecule has 154 valence electrons. The molecule has 1 aliphatic heterocycles. The van der Waals surface area contributed by atoms with Gasteiger partial charge in [-0.05, 0) is 49.2 Å². The quantitative estimate of drug-likeness (QED) is 0.511. The summed E-state index contributed by atoms with van der Waals surface area (Å²) in [5, 5.41) is 2.67. The zero-order chi connectivity index (χ0) is 22.1. The van der Waals surface area contributed by atoms with Gasteiger partial charge in [0.25, 0.3) is 11.8 Å². The van der Waals surface area contributed by atoms with E-state index < -0.39 is 24.3 Å². The first kappa shape index (κ1) is 20.2. The third-order valence-electron chi connectivity index (χ3n) is 5.44. The van der Waals surface area contributed by atoms with Crippen molar-refractivity contribution in [2.24, 2.45) is 0 Å². The maximum absolute atomic E-state index is 12.9. The summed E-state index contributed by atoms with van der Waals surface area (Å²) in [6.45, 7) is 3.44. The molecule has 0 unspecified atom stereocenters. The van der Waals surface area contributed by atoms with Gasteiger partial charge in [0, 0.05) is 16.8 Å². The van der Waals surface area contributed by atoms with Crippen LogP contribution in [0.15, 0.2) is 66.7 Å². The van der Waals surface area contributed by atoms with Crippen molar-refractivity contribution in [3.8, 4) is 0 Å². The number of fused-ring (bicyclic) bond motifs is 1. The van der Waals surface area contributed by atoms with Crippen molar-refractivity contribution in [2.75, 3.05) is 11.9 Å². The number of ketones is 1. The van der Waals surface area contributed by atoms with Gasteiger partial charge in [0.2, 0.25) is 5.91 Å². The van der Waals surface area contributed by atoms with Gasteiger partial charge in [-0.15, -0.1) is 0 Å². The molecule has 0 saturated carbocycles. The second kappa shape index (κ2) is 7.99. The first-order valence-electron chi connectivity index (χ1n) is 9.83. The molecule has 0 aliphatic carbocycles. The Bertz CT molecular complexity index is 1210. The molecule has 3 aromatic rings. The third kappa shape index (κ3) is 3.75. The van der Waals surface area contributed by atoms with Gasteiger partial charge >= 0.3 is 0 Å². The van der Waals surface area contributed by atoms with Crippen LogP contribution in [0.1, 0.15) is 47.8 Å². The standard InChI is InChI=1S/C25H20N2O4/c1-15-7-5-12-19(16(15)2)23(29)17-8-6-9-18(13-17)26-22(28)14-27-24(30)20-10-3-4-11-21(20)25(27)31/h3-13H,14H2,1-2H3,(H,26,28). The minimum atomic E-state index is -0.522. The van der Waals surface area contributed by atoms with Crippen molar-refractivity contribution in [3.63, 3.8) is 0 Å². The fraction of sp³-hybridized carbons (Fsp3) is 0.120. The highest BCUT2D eigenvalue weighted by Gasteiger charge is 2.36. The number of rotatable bonds is 5. The molecule has 0 atom stereocenters. The molecule has 3 amide bonds. The van der Waals surface area contributed by atoms with E-state index in [2.05, 4.69) is 5.32 Å². The highest BCUT2D eigenvalue weighted by Crippen LogP contribution is 2.23. The Kier molecular flexibility index (Phi) is 5.21. The Labute approximate surface area is 179 Å². The molecule has 0 radical (unpaired) electrons. The van der Waals surface area contributed by atoms with E-state index >= 15 is 0 Å². The summed E-state index contributed by atoms with van der Waals surface area (Å²) < 4.78 is 0. The molecule has 31 heavy (non-hydrogen) atoms. The molecular weight excluding hydrogens is 392 g/mol. The van der Waals surface area contributed by atoms with E-state index in [0.717, 1.165) is 16.0 Å². The zero-order valence-corrected chi connectivity index (χ0v) is 17.1. The van der Waals surface area contributed by atoms with Crippen molar-refractivity contribution >= 4 is 29.2 Å². The van der Waals surface area contributed by atoms with Crippen LogP contribution >= 0.6 is 0 Å². The summed E-state index contributed by atoms with van der Waals surface area (Å²) in [6, 6.07) is 18.6. The van der Waals surface area contributed by atoms with E-state index in [1.807, 2.05) is 26.0 Å². The number of amides is 3. The number of carbonyl (C=O) groups is 4. The molecule has 6 nitrogen and oxygen atoms in total. The van der Waals surface area contributed by atoms with Crippen LogP contribution in [0.3, 0.4) is 0 Å². The second-order valence-electron chi connectivity index (χ2n) is 7.45. The second-order valence-corrected chi connectivity index (χ2v) is 7.45. The van der Waals surface area contributed by atoms with Crippen LogP contribution in [0.2, 0.25) is 0 Å². The molecule has 1 heterocycles. The van der Waals surface area contributed by atoms with Gasteiger partial charge < -0.3 is 5.32 Å². The largest absolute Gasteiger partial charge is 0.325 e. The molecule has 0 saturated heterocycles. The minimum absolute atomic E-state index is 0.141. The maximum Gasteiger partial charge on any atom is 0.262 e. The highest BCUT2D eigenvalue weighted by molar-refractivity contribution is 6.22. The molecule has 0 bridgehead atoms. The molecule has 1 aliphatic rings. The third-order valence-corrected chi connectivity index (χ3v) is 5.44. The van der Waals surface area contributed by atoms with Crippen LogP contribution in [-0.2, 0) is 4.79 Å². The van der Waals surface area contributed by atoms with Crippen LogP contribution in [0.25, 0.3) is 0 Å². The average molecular weight is 412 g/mol. The summed E-state index contributed by atoms with van der Waals surface area (Å²) in [7, 11) is 0.